The number of carboxylic acids is 1. The Morgan fingerprint density at radius 2 is 1.88 bits per heavy atom. The molecule has 1 heterocycles. The van der Waals surface area contributed by atoms with Crippen molar-refractivity contribution in [3.63, 3.8) is 0 Å². The third-order valence-corrected chi connectivity index (χ3v) is 4.92. The largest absolute Gasteiger partial charge is 0.480 e. The quantitative estimate of drug-likeness (QED) is 0.814. The first-order chi connectivity index (χ1) is 12.0. The SMILES string of the molecule is C[C@H](N[C@H]1CC[C@H](N(C)C(=O)c2ccc3nonc3c2)CC1)C(=O)O.Cl. The maximum Gasteiger partial charge on any atom is 0.320 e. The number of hydrogen-bond donors (Lipinski definition) is 2. The van der Waals surface area contributed by atoms with Crippen molar-refractivity contribution in [3.8, 4) is 0 Å². The first-order valence-electron chi connectivity index (χ1n) is 8.44. The lowest BCUT2D eigenvalue weighted by Crippen LogP contribution is -2.47. The number of halogens is 1. The summed E-state index contributed by atoms with van der Waals surface area (Å²) in [5.74, 6) is -0.896. The van der Waals surface area contributed by atoms with Crippen molar-refractivity contribution in [2.45, 2.75) is 50.7 Å². The average Bonchev–Trinajstić information content (AvgIpc) is 3.08. The number of aliphatic carboxylic acids is 1. The molecule has 1 aromatic heterocycles. The fourth-order valence-electron chi connectivity index (χ4n) is 3.34. The van der Waals surface area contributed by atoms with E-state index in [-0.39, 0.29) is 30.4 Å². The van der Waals surface area contributed by atoms with E-state index in [4.69, 9.17) is 5.11 Å². The van der Waals surface area contributed by atoms with Crippen molar-refractivity contribution in [1.82, 2.24) is 20.5 Å². The fraction of sp³-hybridized carbons (Fsp3) is 0.529. The number of carbonyl (C=O) groups is 2. The van der Waals surface area contributed by atoms with Gasteiger partial charge in [-0.15, -0.1) is 12.4 Å². The number of hydrogen-bond acceptors (Lipinski definition) is 6. The van der Waals surface area contributed by atoms with Crippen molar-refractivity contribution in [2.24, 2.45) is 0 Å². The van der Waals surface area contributed by atoms with Crippen molar-refractivity contribution < 1.29 is 19.3 Å². The van der Waals surface area contributed by atoms with Crippen LogP contribution in [-0.2, 0) is 4.79 Å². The van der Waals surface area contributed by atoms with Crippen LogP contribution in [0.3, 0.4) is 0 Å². The third kappa shape index (κ3) is 4.31. The fourth-order valence-corrected chi connectivity index (χ4v) is 3.34. The second-order valence-electron chi connectivity index (χ2n) is 6.62. The molecule has 0 spiro atoms. The molecule has 26 heavy (non-hydrogen) atoms. The van der Waals surface area contributed by atoms with E-state index in [2.05, 4.69) is 20.3 Å². The van der Waals surface area contributed by atoms with Crippen LogP contribution in [0.4, 0.5) is 0 Å². The molecule has 1 aromatic carbocycles. The Labute approximate surface area is 157 Å². The molecule has 0 saturated heterocycles. The number of amides is 1. The van der Waals surface area contributed by atoms with Crippen molar-refractivity contribution in [3.05, 3.63) is 23.8 Å². The lowest BCUT2D eigenvalue weighted by atomic mass is 9.89. The van der Waals surface area contributed by atoms with Crippen molar-refractivity contribution >= 4 is 35.3 Å². The molecule has 2 aromatic rings. The van der Waals surface area contributed by atoms with Gasteiger partial charge in [0.25, 0.3) is 5.91 Å². The van der Waals surface area contributed by atoms with Crippen LogP contribution < -0.4 is 5.32 Å². The van der Waals surface area contributed by atoms with Gasteiger partial charge in [-0.25, -0.2) is 4.63 Å². The molecule has 1 fully saturated rings. The number of carbonyl (C=O) groups excluding carboxylic acids is 1. The Bertz CT molecular complexity index is 773. The highest BCUT2D eigenvalue weighted by Gasteiger charge is 2.28. The Hall–Kier alpha value is -2.19. The zero-order valence-corrected chi connectivity index (χ0v) is 15.5. The second-order valence-corrected chi connectivity index (χ2v) is 6.62. The van der Waals surface area contributed by atoms with Crippen LogP contribution in [-0.4, -0.2) is 57.4 Å². The summed E-state index contributed by atoms with van der Waals surface area (Å²) in [6.45, 7) is 1.65. The van der Waals surface area contributed by atoms with E-state index < -0.39 is 12.0 Å². The zero-order valence-electron chi connectivity index (χ0n) is 14.7. The van der Waals surface area contributed by atoms with Gasteiger partial charge in [0, 0.05) is 24.7 Å². The van der Waals surface area contributed by atoms with E-state index in [0.717, 1.165) is 25.7 Å². The van der Waals surface area contributed by atoms with Gasteiger partial charge in [0.2, 0.25) is 0 Å². The number of nitrogens with one attached hydrogen (secondary N) is 1. The van der Waals surface area contributed by atoms with E-state index in [9.17, 15) is 9.59 Å². The number of fused-ring (bicyclic) bond motifs is 1. The number of nitrogens with zero attached hydrogens (tertiary/aromatic N) is 3. The minimum absolute atomic E-state index is 0. The molecule has 0 unspecified atom stereocenters. The molecule has 1 atom stereocenters. The molecule has 3 rings (SSSR count). The molecule has 9 heteroatoms. The van der Waals surface area contributed by atoms with Gasteiger partial charge in [0.15, 0.2) is 0 Å². The monoisotopic (exact) mass is 382 g/mol. The Kier molecular flexibility index (Phi) is 6.55. The van der Waals surface area contributed by atoms with Crippen molar-refractivity contribution in [1.29, 1.82) is 0 Å². The molecule has 1 amide bonds. The average molecular weight is 383 g/mol. The second kappa shape index (κ2) is 8.46. The van der Waals surface area contributed by atoms with Gasteiger partial charge in [-0.3, -0.25) is 9.59 Å². The van der Waals surface area contributed by atoms with Crippen LogP contribution in [0.15, 0.2) is 22.8 Å². The molecular weight excluding hydrogens is 360 g/mol. The van der Waals surface area contributed by atoms with Crippen LogP contribution in [0, 0.1) is 0 Å². The van der Waals surface area contributed by atoms with E-state index >= 15 is 0 Å². The Morgan fingerprint density at radius 3 is 2.54 bits per heavy atom. The van der Waals surface area contributed by atoms with Gasteiger partial charge in [-0.05, 0) is 61.1 Å². The van der Waals surface area contributed by atoms with Gasteiger partial charge >= 0.3 is 5.97 Å². The summed E-state index contributed by atoms with van der Waals surface area (Å²) in [7, 11) is 1.81. The first-order valence-corrected chi connectivity index (χ1v) is 8.44. The highest BCUT2D eigenvalue weighted by atomic mass is 35.5. The maximum absolute atomic E-state index is 12.7. The highest BCUT2D eigenvalue weighted by Crippen LogP contribution is 2.24. The Balaban J connectivity index is 0.00000243. The minimum Gasteiger partial charge on any atom is -0.480 e. The summed E-state index contributed by atoms with van der Waals surface area (Å²) in [6, 6.07) is 4.92. The van der Waals surface area contributed by atoms with Crippen LogP contribution in [0.1, 0.15) is 43.0 Å². The van der Waals surface area contributed by atoms with Gasteiger partial charge in [-0.1, -0.05) is 0 Å². The molecule has 142 valence electrons. The predicted molar refractivity (Wildman–Crippen MR) is 97.4 cm³/mol. The first kappa shape index (κ1) is 20.1. The summed E-state index contributed by atoms with van der Waals surface area (Å²) < 4.78 is 4.66. The molecular formula is C17H23ClN4O4. The summed E-state index contributed by atoms with van der Waals surface area (Å²) in [6.07, 6.45) is 3.40. The van der Waals surface area contributed by atoms with Crippen LogP contribution >= 0.6 is 12.4 Å². The van der Waals surface area contributed by atoms with Gasteiger partial charge < -0.3 is 15.3 Å². The van der Waals surface area contributed by atoms with E-state index in [1.54, 1.807) is 30.0 Å². The molecule has 1 aliphatic carbocycles. The number of aromatic nitrogens is 2. The molecule has 0 radical (unpaired) electrons. The molecule has 1 saturated carbocycles. The third-order valence-electron chi connectivity index (χ3n) is 4.92. The summed E-state index contributed by atoms with van der Waals surface area (Å²) in [5.41, 5.74) is 1.75. The Morgan fingerprint density at radius 1 is 1.23 bits per heavy atom. The summed E-state index contributed by atoms with van der Waals surface area (Å²) in [4.78, 5) is 25.4. The standard InChI is InChI=1S/C17H22N4O4.ClH/c1-10(17(23)24)18-12-4-6-13(7-5-12)21(2)16(22)11-3-8-14-15(9-11)20-25-19-14;/h3,8-10,12-13,18H,4-7H2,1-2H3,(H,23,24);1H/t10-,12-,13-;/m0./s1. The van der Waals surface area contributed by atoms with E-state index in [1.807, 2.05) is 7.05 Å². The zero-order chi connectivity index (χ0) is 18.0. The molecule has 0 aliphatic heterocycles. The number of benzene rings is 1. The lowest BCUT2D eigenvalue weighted by Gasteiger charge is -2.35. The van der Waals surface area contributed by atoms with Crippen LogP contribution in [0.25, 0.3) is 11.0 Å². The van der Waals surface area contributed by atoms with Gasteiger partial charge in [0.1, 0.15) is 17.1 Å². The topological polar surface area (TPSA) is 109 Å². The normalized spacial score (nSPS) is 21.0. The number of carboxylic acid groups (broad SMARTS) is 1. The van der Waals surface area contributed by atoms with E-state index in [1.165, 1.54) is 0 Å². The van der Waals surface area contributed by atoms with Crippen LogP contribution in [0.5, 0.6) is 0 Å². The minimum atomic E-state index is -0.841. The van der Waals surface area contributed by atoms with E-state index in [0.29, 0.717) is 16.6 Å². The highest BCUT2D eigenvalue weighted by molar-refractivity contribution is 5.97. The summed E-state index contributed by atoms with van der Waals surface area (Å²) >= 11 is 0. The van der Waals surface area contributed by atoms with Crippen LogP contribution in [0.2, 0.25) is 0 Å². The lowest BCUT2D eigenvalue weighted by molar-refractivity contribution is -0.139. The molecule has 1 aliphatic rings. The predicted octanol–water partition coefficient (Wildman–Crippen LogP) is 2.09. The molecule has 0 bridgehead atoms. The van der Waals surface area contributed by atoms with Gasteiger partial charge in [-0.2, -0.15) is 0 Å². The summed E-state index contributed by atoms with van der Waals surface area (Å²) in [5, 5.41) is 19.6. The molecule has 8 nitrogen and oxygen atoms in total. The van der Waals surface area contributed by atoms with Crippen molar-refractivity contribution in [2.75, 3.05) is 7.05 Å². The number of rotatable bonds is 5. The van der Waals surface area contributed by atoms with Gasteiger partial charge in [0.05, 0.1) is 0 Å². The smallest absolute Gasteiger partial charge is 0.320 e. The molecule has 2 N–H and O–H groups in total. The maximum atomic E-state index is 12.7.